The monoisotopic (exact) mass is 257 g/mol. The molecule has 0 aliphatic carbocycles. The Morgan fingerprint density at radius 1 is 1.47 bits per heavy atom. The van der Waals surface area contributed by atoms with Crippen molar-refractivity contribution in [1.29, 1.82) is 0 Å². The molecule has 0 radical (unpaired) electrons. The molecule has 0 aliphatic heterocycles. The van der Waals surface area contributed by atoms with Crippen molar-refractivity contribution in [2.75, 3.05) is 5.32 Å². The van der Waals surface area contributed by atoms with Crippen LogP contribution < -0.4 is 5.32 Å². The summed E-state index contributed by atoms with van der Waals surface area (Å²) in [7, 11) is 0. The standard InChI is InChI=1S/C12H16ClNO3/c1-7(2)10(15)6-11(16)14-9-5-3-4-8(13)12(9)17/h3-5,7,10,15,17H,6H2,1-2H3,(H,14,16)/t10-/m0/s1. The number of aliphatic hydroxyl groups is 1. The van der Waals surface area contributed by atoms with Gasteiger partial charge < -0.3 is 15.5 Å². The molecule has 17 heavy (non-hydrogen) atoms. The average Bonchev–Trinajstić information content (AvgIpc) is 2.24. The van der Waals surface area contributed by atoms with Gasteiger partial charge >= 0.3 is 0 Å². The van der Waals surface area contributed by atoms with E-state index in [4.69, 9.17) is 11.6 Å². The summed E-state index contributed by atoms with van der Waals surface area (Å²) in [5.74, 6) is -0.515. The van der Waals surface area contributed by atoms with Crippen molar-refractivity contribution in [3.63, 3.8) is 0 Å². The Balaban J connectivity index is 2.66. The summed E-state index contributed by atoms with van der Waals surface area (Å²) in [5, 5.41) is 21.8. The van der Waals surface area contributed by atoms with Gasteiger partial charge in [0.25, 0.3) is 0 Å². The zero-order valence-corrected chi connectivity index (χ0v) is 10.5. The van der Waals surface area contributed by atoms with Gasteiger partial charge in [0.2, 0.25) is 5.91 Å². The second-order valence-electron chi connectivity index (χ2n) is 4.20. The number of halogens is 1. The molecule has 1 amide bonds. The lowest BCUT2D eigenvalue weighted by Gasteiger charge is -2.14. The number of aliphatic hydroxyl groups excluding tert-OH is 1. The summed E-state index contributed by atoms with van der Waals surface area (Å²) in [6.07, 6.45) is -0.708. The first kappa shape index (κ1) is 13.8. The van der Waals surface area contributed by atoms with Crippen molar-refractivity contribution < 1.29 is 15.0 Å². The predicted molar refractivity (Wildman–Crippen MR) is 67.2 cm³/mol. The fourth-order valence-electron chi connectivity index (χ4n) is 1.24. The van der Waals surface area contributed by atoms with Crippen molar-refractivity contribution in [3.8, 4) is 5.75 Å². The lowest BCUT2D eigenvalue weighted by atomic mass is 10.0. The first-order valence-electron chi connectivity index (χ1n) is 5.37. The van der Waals surface area contributed by atoms with Gasteiger partial charge in [-0.25, -0.2) is 0 Å². The molecule has 0 saturated carbocycles. The third kappa shape index (κ3) is 3.91. The summed E-state index contributed by atoms with van der Waals surface area (Å²) >= 11 is 5.70. The second-order valence-corrected chi connectivity index (χ2v) is 4.61. The molecule has 0 aliphatic rings. The highest BCUT2D eigenvalue weighted by molar-refractivity contribution is 6.32. The van der Waals surface area contributed by atoms with E-state index in [1.165, 1.54) is 6.07 Å². The first-order chi connectivity index (χ1) is 7.91. The minimum atomic E-state index is -0.698. The first-order valence-corrected chi connectivity index (χ1v) is 5.75. The molecule has 94 valence electrons. The molecule has 1 rings (SSSR count). The van der Waals surface area contributed by atoms with E-state index in [0.717, 1.165) is 0 Å². The fraction of sp³-hybridized carbons (Fsp3) is 0.417. The second kappa shape index (κ2) is 5.89. The maximum Gasteiger partial charge on any atom is 0.227 e. The highest BCUT2D eigenvalue weighted by atomic mass is 35.5. The number of carbonyl (C=O) groups excluding carboxylic acids is 1. The molecule has 0 aromatic heterocycles. The summed E-state index contributed by atoms with van der Waals surface area (Å²) in [4.78, 5) is 11.6. The summed E-state index contributed by atoms with van der Waals surface area (Å²) in [6.45, 7) is 3.66. The van der Waals surface area contributed by atoms with E-state index in [9.17, 15) is 15.0 Å². The van der Waals surface area contributed by atoms with Crippen LogP contribution in [0.15, 0.2) is 18.2 Å². The number of nitrogens with one attached hydrogen (secondary N) is 1. The fourth-order valence-corrected chi connectivity index (χ4v) is 1.42. The highest BCUT2D eigenvalue weighted by Gasteiger charge is 2.15. The molecule has 4 nitrogen and oxygen atoms in total. The Hall–Kier alpha value is -1.26. The number of anilines is 1. The Kier molecular flexibility index (Phi) is 4.78. The molecular weight excluding hydrogens is 242 g/mol. The molecule has 0 unspecified atom stereocenters. The predicted octanol–water partition coefficient (Wildman–Crippen LogP) is 2.39. The lowest BCUT2D eigenvalue weighted by molar-refractivity contribution is -0.118. The molecule has 1 aromatic rings. The van der Waals surface area contributed by atoms with Crippen LogP contribution in [-0.4, -0.2) is 22.2 Å². The molecule has 0 saturated heterocycles. The van der Waals surface area contributed by atoms with E-state index in [1.54, 1.807) is 12.1 Å². The maximum atomic E-state index is 11.6. The van der Waals surface area contributed by atoms with Gasteiger partial charge in [-0.05, 0) is 18.1 Å². The number of benzene rings is 1. The number of carbonyl (C=O) groups is 1. The molecule has 0 fully saturated rings. The summed E-state index contributed by atoms with van der Waals surface area (Å²) < 4.78 is 0. The molecule has 0 spiro atoms. The van der Waals surface area contributed by atoms with Gasteiger partial charge in [-0.2, -0.15) is 0 Å². The number of para-hydroxylation sites is 1. The van der Waals surface area contributed by atoms with Crippen LogP contribution in [0.25, 0.3) is 0 Å². The van der Waals surface area contributed by atoms with Gasteiger partial charge in [-0.1, -0.05) is 31.5 Å². The lowest BCUT2D eigenvalue weighted by Crippen LogP contribution is -2.23. The zero-order chi connectivity index (χ0) is 13.0. The molecule has 0 heterocycles. The Morgan fingerprint density at radius 2 is 2.12 bits per heavy atom. The van der Waals surface area contributed by atoms with E-state index < -0.39 is 6.10 Å². The van der Waals surface area contributed by atoms with Gasteiger partial charge in [0.15, 0.2) is 5.75 Å². The highest BCUT2D eigenvalue weighted by Crippen LogP contribution is 2.31. The van der Waals surface area contributed by atoms with Crippen LogP contribution in [0.1, 0.15) is 20.3 Å². The third-order valence-electron chi connectivity index (χ3n) is 2.42. The van der Waals surface area contributed by atoms with Crippen molar-refractivity contribution in [2.24, 2.45) is 5.92 Å². The number of rotatable bonds is 4. The molecule has 3 N–H and O–H groups in total. The molecule has 1 aromatic carbocycles. The number of phenolic OH excluding ortho intramolecular Hbond substituents is 1. The van der Waals surface area contributed by atoms with Gasteiger partial charge in [-0.15, -0.1) is 0 Å². The van der Waals surface area contributed by atoms with E-state index in [1.807, 2.05) is 13.8 Å². The number of phenols is 1. The maximum absolute atomic E-state index is 11.6. The molecule has 0 bridgehead atoms. The largest absolute Gasteiger partial charge is 0.504 e. The van der Waals surface area contributed by atoms with Crippen molar-refractivity contribution in [3.05, 3.63) is 23.2 Å². The Morgan fingerprint density at radius 3 is 2.71 bits per heavy atom. The topological polar surface area (TPSA) is 69.6 Å². The molecular formula is C12H16ClNO3. The van der Waals surface area contributed by atoms with Crippen LogP contribution in [0.4, 0.5) is 5.69 Å². The van der Waals surface area contributed by atoms with Crippen LogP contribution in [0.5, 0.6) is 5.75 Å². The summed E-state index contributed by atoms with van der Waals surface area (Å²) in [6, 6.07) is 4.69. The van der Waals surface area contributed by atoms with Gasteiger partial charge in [-0.3, -0.25) is 4.79 Å². The van der Waals surface area contributed by atoms with Crippen LogP contribution >= 0.6 is 11.6 Å². The van der Waals surface area contributed by atoms with E-state index in [-0.39, 0.29) is 34.7 Å². The molecule has 1 atom stereocenters. The van der Waals surface area contributed by atoms with Crippen molar-refractivity contribution in [2.45, 2.75) is 26.4 Å². The van der Waals surface area contributed by atoms with Crippen LogP contribution in [0, 0.1) is 5.92 Å². The number of hydrogen-bond donors (Lipinski definition) is 3. The Bertz CT molecular complexity index is 407. The van der Waals surface area contributed by atoms with Gasteiger partial charge in [0.1, 0.15) is 0 Å². The van der Waals surface area contributed by atoms with Crippen LogP contribution in [-0.2, 0) is 4.79 Å². The minimum Gasteiger partial charge on any atom is -0.504 e. The van der Waals surface area contributed by atoms with Crippen molar-refractivity contribution >= 4 is 23.2 Å². The van der Waals surface area contributed by atoms with Crippen molar-refractivity contribution in [1.82, 2.24) is 0 Å². The van der Waals surface area contributed by atoms with Gasteiger partial charge in [0.05, 0.1) is 23.2 Å². The van der Waals surface area contributed by atoms with Gasteiger partial charge in [0, 0.05) is 0 Å². The Labute approximate surface area is 105 Å². The molecule has 5 heteroatoms. The van der Waals surface area contributed by atoms with Crippen LogP contribution in [0.2, 0.25) is 5.02 Å². The zero-order valence-electron chi connectivity index (χ0n) is 9.77. The normalized spacial score (nSPS) is 12.5. The van der Waals surface area contributed by atoms with E-state index in [2.05, 4.69) is 5.32 Å². The third-order valence-corrected chi connectivity index (χ3v) is 2.73. The van der Waals surface area contributed by atoms with E-state index in [0.29, 0.717) is 0 Å². The average molecular weight is 258 g/mol. The van der Waals surface area contributed by atoms with Crippen LogP contribution in [0.3, 0.4) is 0 Å². The number of hydrogen-bond acceptors (Lipinski definition) is 3. The SMILES string of the molecule is CC(C)[C@@H](O)CC(=O)Nc1cccc(Cl)c1O. The smallest absolute Gasteiger partial charge is 0.227 e. The number of amides is 1. The quantitative estimate of drug-likeness (QED) is 0.726. The summed E-state index contributed by atoms with van der Waals surface area (Å²) in [5.41, 5.74) is 0.249. The minimum absolute atomic E-state index is 0.00806. The van der Waals surface area contributed by atoms with E-state index >= 15 is 0 Å². The number of aromatic hydroxyl groups is 1.